The minimum absolute atomic E-state index is 0.104. The molecule has 4 aliphatic carbocycles. The summed E-state index contributed by atoms with van der Waals surface area (Å²) in [5.74, 6) is 1.70. The quantitative estimate of drug-likeness (QED) is 0.775. The molecule has 0 heterocycles. The van der Waals surface area contributed by atoms with Crippen LogP contribution in [-0.4, -0.2) is 23.3 Å². The minimum Gasteiger partial charge on any atom is -0.392 e. The predicted molar refractivity (Wildman–Crippen MR) is 96.8 cm³/mol. The molecule has 0 aromatic heterocycles. The number of carbonyl (C=O) groups is 2. The van der Waals surface area contributed by atoms with Crippen LogP contribution in [0.3, 0.4) is 0 Å². The van der Waals surface area contributed by atoms with Crippen LogP contribution in [0.25, 0.3) is 0 Å². The maximum Gasteiger partial charge on any atom is 0.179 e. The van der Waals surface area contributed by atoms with Gasteiger partial charge in [-0.2, -0.15) is 0 Å². The molecule has 3 nitrogen and oxygen atoms in total. The van der Waals surface area contributed by atoms with Crippen molar-refractivity contribution in [1.82, 2.24) is 0 Å². The summed E-state index contributed by atoms with van der Waals surface area (Å²) in [4.78, 5) is 23.8. The van der Waals surface area contributed by atoms with Crippen molar-refractivity contribution >= 4 is 12.1 Å². The van der Waals surface area contributed by atoms with Gasteiger partial charge in [-0.1, -0.05) is 32.8 Å². The highest BCUT2D eigenvalue weighted by molar-refractivity contribution is 6.05. The van der Waals surface area contributed by atoms with E-state index in [1.54, 1.807) is 6.08 Å². The fourth-order valence-corrected chi connectivity index (χ4v) is 7.28. The predicted octanol–water partition coefficient (Wildman–Crippen LogP) is 3.86. The summed E-state index contributed by atoms with van der Waals surface area (Å²) < 4.78 is 0. The molecule has 0 aliphatic heterocycles. The van der Waals surface area contributed by atoms with Crippen LogP contribution in [0.5, 0.6) is 0 Å². The lowest BCUT2D eigenvalue weighted by molar-refractivity contribution is -0.117. The lowest BCUT2D eigenvalue weighted by Gasteiger charge is -2.59. The molecule has 0 aromatic carbocycles. The number of carbonyl (C=O) groups excluding carboxylic acids is 2. The van der Waals surface area contributed by atoms with E-state index in [4.69, 9.17) is 0 Å². The van der Waals surface area contributed by atoms with Crippen molar-refractivity contribution in [3.05, 3.63) is 23.3 Å². The average molecular weight is 342 g/mol. The average Bonchev–Trinajstić information content (AvgIpc) is 2.92. The van der Waals surface area contributed by atoms with Crippen LogP contribution in [0.1, 0.15) is 59.3 Å². The summed E-state index contributed by atoms with van der Waals surface area (Å²) in [5.41, 5.74) is 1.56. The number of hydrogen-bond donors (Lipinski definition) is 1. The highest BCUT2D eigenvalue weighted by atomic mass is 16.3. The van der Waals surface area contributed by atoms with Crippen LogP contribution in [-0.2, 0) is 9.59 Å². The molecular formula is C22H30O3. The van der Waals surface area contributed by atoms with E-state index < -0.39 is 0 Å². The zero-order valence-electron chi connectivity index (χ0n) is 15.6. The van der Waals surface area contributed by atoms with E-state index in [2.05, 4.69) is 20.8 Å². The SMILES string of the molecule is CC[C@H]1CC[C@H]2[C@@H]3C(O)CC4=CC(=O)C=C(C=O)[C@]4(C)[C@H]3CC[C@]12C. The van der Waals surface area contributed by atoms with Gasteiger partial charge in [0.1, 0.15) is 6.29 Å². The summed E-state index contributed by atoms with van der Waals surface area (Å²) in [7, 11) is 0. The largest absolute Gasteiger partial charge is 0.392 e. The van der Waals surface area contributed by atoms with E-state index in [0.29, 0.717) is 23.3 Å². The van der Waals surface area contributed by atoms with E-state index in [1.165, 1.54) is 31.8 Å². The molecule has 0 spiro atoms. The fraction of sp³-hybridized carbons (Fsp3) is 0.727. The maximum absolute atomic E-state index is 12.0. The third-order valence-corrected chi connectivity index (χ3v) is 8.64. The lowest BCUT2D eigenvalue weighted by atomic mass is 9.45. The van der Waals surface area contributed by atoms with Crippen molar-refractivity contribution in [2.24, 2.45) is 34.5 Å². The number of ketones is 1. The van der Waals surface area contributed by atoms with Gasteiger partial charge in [0.05, 0.1) is 6.10 Å². The molecule has 25 heavy (non-hydrogen) atoms. The molecule has 3 heteroatoms. The van der Waals surface area contributed by atoms with Gasteiger partial charge >= 0.3 is 0 Å². The Morgan fingerprint density at radius 1 is 1.20 bits per heavy atom. The van der Waals surface area contributed by atoms with Crippen molar-refractivity contribution in [3.8, 4) is 0 Å². The monoisotopic (exact) mass is 342 g/mol. The van der Waals surface area contributed by atoms with Gasteiger partial charge in [0.15, 0.2) is 5.78 Å². The number of aliphatic hydroxyl groups excluding tert-OH is 1. The third kappa shape index (κ3) is 2.14. The summed E-state index contributed by atoms with van der Waals surface area (Å²) >= 11 is 0. The summed E-state index contributed by atoms with van der Waals surface area (Å²) in [6.07, 6.45) is 10.1. The Kier molecular flexibility index (Phi) is 3.88. The number of fused-ring (bicyclic) bond motifs is 5. The van der Waals surface area contributed by atoms with E-state index in [-0.39, 0.29) is 29.1 Å². The zero-order chi connectivity index (χ0) is 18.0. The Labute approximate surface area is 150 Å². The molecule has 0 amide bonds. The van der Waals surface area contributed by atoms with E-state index in [0.717, 1.165) is 24.2 Å². The second-order valence-electron chi connectivity index (χ2n) is 9.28. The van der Waals surface area contributed by atoms with Crippen LogP contribution in [0.15, 0.2) is 23.3 Å². The Hall–Kier alpha value is -1.22. The van der Waals surface area contributed by atoms with Gasteiger partial charge in [-0.3, -0.25) is 9.59 Å². The van der Waals surface area contributed by atoms with Gasteiger partial charge in [-0.25, -0.2) is 0 Å². The zero-order valence-corrected chi connectivity index (χ0v) is 15.6. The smallest absolute Gasteiger partial charge is 0.179 e. The first kappa shape index (κ1) is 17.2. The first-order valence-electron chi connectivity index (χ1n) is 9.96. The highest BCUT2D eigenvalue weighted by Gasteiger charge is 2.61. The van der Waals surface area contributed by atoms with Crippen molar-refractivity contribution < 1.29 is 14.7 Å². The highest BCUT2D eigenvalue weighted by Crippen LogP contribution is 2.67. The molecule has 3 saturated carbocycles. The van der Waals surface area contributed by atoms with Gasteiger partial charge in [-0.15, -0.1) is 0 Å². The first-order valence-corrected chi connectivity index (χ1v) is 9.96. The van der Waals surface area contributed by atoms with Crippen LogP contribution in [0.2, 0.25) is 0 Å². The summed E-state index contributed by atoms with van der Waals surface area (Å²) in [5, 5.41) is 11.1. The second kappa shape index (κ2) is 5.64. The summed E-state index contributed by atoms with van der Waals surface area (Å²) in [6, 6.07) is 0. The molecular weight excluding hydrogens is 312 g/mol. The molecule has 1 N–H and O–H groups in total. The molecule has 4 rings (SSSR count). The van der Waals surface area contributed by atoms with E-state index in [9.17, 15) is 14.7 Å². The molecule has 0 bridgehead atoms. The normalized spacial score (nSPS) is 48.8. The topological polar surface area (TPSA) is 54.4 Å². The lowest BCUT2D eigenvalue weighted by Crippen LogP contribution is -2.55. The Balaban J connectivity index is 1.78. The van der Waals surface area contributed by atoms with Crippen LogP contribution in [0.4, 0.5) is 0 Å². The minimum atomic E-state index is -0.386. The third-order valence-electron chi connectivity index (χ3n) is 8.64. The number of hydrogen-bond acceptors (Lipinski definition) is 3. The Morgan fingerprint density at radius 2 is 1.96 bits per heavy atom. The molecule has 3 fully saturated rings. The first-order chi connectivity index (χ1) is 11.9. The number of aldehydes is 1. The van der Waals surface area contributed by atoms with Crippen LogP contribution >= 0.6 is 0 Å². The Bertz CT molecular complexity index is 675. The van der Waals surface area contributed by atoms with E-state index >= 15 is 0 Å². The molecule has 7 atom stereocenters. The molecule has 0 radical (unpaired) electrons. The van der Waals surface area contributed by atoms with Crippen molar-refractivity contribution in [2.45, 2.75) is 65.4 Å². The van der Waals surface area contributed by atoms with Crippen molar-refractivity contribution in [2.75, 3.05) is 0 Å². The maximum atomic E-state index is 12.0. The van der Waals surface area contributed by atoms with Crippen molar-refractivity contribution in [3.63, 3.8) is 0 Å². The molecule has 1 unspecified atom stereocenters. The number of rotatable bonds is 2. The molecule has 4 aliphatic rings. The van der Waals surface area contributed by atoms with Gasteiger partial charge in [0.25, 0.3) is 0 Å². The van der Waals surface area contributed by atoms with Gasteiger partial charge in [0, 0.05) is 11.0 Å². The standard InChI is InChI=1S/C22H30O3/c1-4-13-5-6-17-20-18(7-8-21(13,17)2)22(3)14(11-19(20)25)9-16(24)10-15(22)12-23/h9-10,12-13,17-20,25H,4-8,11H2,1-3H3/t13-,17-,18-,19?,20-,21+,22+/m0/s1. The fourth-order valence-electron chi connectivity index (χ4n) is 7.28. The van der Waals surface area contributed by atoms with Gasteiger partial charge in [-0.05, 0) is 73.3 Å². The van der Waals surface area contributed by atoms with Crippen LogP contribution in [0, 0.1) is 34.5 Å². The number of aliphatic hydroxyl groups is 1. The molecule has 0 aromatic rings. The van der Waals surface area contributed by atoms with Gasteiger partial charge in [0.2, 0.25) is 0 Å². The molecule has 0 saturated heterocycles. The van der Waals surface area contributed by atoms with Gasteiger partial charge < -0.3 is 5.11 Å². The molecule has 136 valence electrons. The second-order valence-corrected chi connectivity index (χ2v) is 9.28. The van der Waals surface area contributed by atoms with E-state index in [1.807, 2.05) is 0 Å². The number of allylic oxidation sites excluding steroid dienone is 3. The van der Waals surface area contributed by atoms with Crippen molar-refractivity contribution in [1.29, 1.82) is 0 Å². The van der Waals surface area contributed by atoms with Crippen LogP contribution < -0.4 is 0 Å². The Morgan fingerprint density at radius 3 is 2.64 bits per heavy atom. The summed E-state index contributed by atoms with van der Waals surface area (Å²) in [6.45, 7) is 6.88.